The standard InChI is InChI=1S/C24H27FN4O4/c1-28(13-11-18-3-7-21(32-2)8-4-18)24(31)17-29-16-20(15-26-29)27-23(30)12-14-33-22-9-5-19(25)6-10-22/h3-10,15-16H,11-14,17H2,1-2H3,(H,27,30). The number of rotatable bonds is 11. The van der Waals surface area contributed by atoms with Crippen LogP contribution in [0.25, 0.3) is 0 Å². The molecule has 0 aliphatic carbocycles. The number of nitrogens with zero attached hydrogens (tertiary/aromatic N) is 3. The molecule has 0 aliphatic heterocycles. The van der Waals surface area contributed by atoms with Gasteiger partial charge in [-0.2, -0.15) is 5.10 Å². The van der Waals surface area contributed by atoms with Crippen molar-refractivity contribution in [2.75, 3.05) is 32.6 Å². The maximum absolute atomic E-state index is 12.9. The molecule has 0 spiro atoms. The highest BCUT2D eigenvalue weighted by atomic mass is 19.1. The van der Waals surface area contributed by atoms with Crippen molar-refractivity contribution in [3.05, 3.63) is 72.3 Å². The number of methoxy groups -OCH3 is 1. The highest BCUT2D eigenvalue weighted by Crippen LogP contribution is 2.13. The fraction of sp³-hybridized carbons (Fsp3) is 0.292. The van der Waals surface area contributed by atoms with Gasteiger partial charge in [-0.25, -0.2) is 4.39 Å². The van der Waals surface area contributed by atoms with Gasteiger partial charge < -0.3 is 19.7 Å². The van der Waals surface area contributed by atoms with Crippen LogP contribution in [-0.4, -0.2) is 53.8 Å². The molecule has 1 heterocycles. The molecule has 1 N–H and O–H groups in total. The van der Waals surface area contributed by atoms with E-state index in [-0.39, 0.29) is 37.2 Å². The number of nitrogens with one attached hydrogen (secondary N) is 1. The summed E-state index contributed by atoms with van der Waals surface area (Å²) < 4.78 is 24.9. The fourth-order valence-corrected chi connectivity index (χ4v) is 3.00. The zero-order valence-corrected chi connectivity index (χ0v) is 18.7. The lowest BCUT2D eigenvalue weighted by atomic mass is 10.1. The molecule has 0 saturated heterocycles. The number of hydrogen-bond donors (Lipinski definition) is 1. The third-order valence-electron chi connectivity index (χ3n) is 4.95. The van der Waals surface area contributed by atoms with Crippen molar-refractivity contribution < 1.29 is 23.5 Å². The van der Waals surface area contributed by atoms with Gasteiger partial charge in [-0.05, 0) is 48.4 Å². The zero-order chi connectivity index (χ0) is 23.6. The summed E-state index contributed by atoms with van der Waals surface area (Å²) in [5.41, 5.74) is 1.61. The van der Waals surface area contributed by atoms with E-state index in [1.807, 2.05) is 24.3 Å². The predicted octanol–water partition coefficient (Wildman–Crippen LogP) is 3.14. The summed E-state index contributed by atoms with van der Waals surface area (Å²) in [5, 5.41) is 6.86. The number of anilines is 1. The van der Waals surface area contributed by atoms with Crippen LogP contribution < -0.4 is 14.8 Å². The number of ether oxygens (including phenoxy) is 2. The van der Waals surface area contributed by atoms with Crippen molar-refractivity contribution in [2.24, 2.45) is 0 Å². The fourth-order valence-electron chi connectivity index (χ4n) is 3.00. The second kappa shape index (κ2) is 11.7. The van der Waals surface area contributed by atoms with Gasteiger partial charge in [-0.15, -0.1) is 0 Å². The zero-order valence-electron chi connectivity index (χ0n) is 18.7. The summed E-state index contributed by atoms with van der Waals surface area (Å²) >= 11 is 0. The molecule has 174 valence electrons. The van der Waals surface area contributed by atoms with E-state index in [0.29, 0.717) is 18.0 Å². The highest BCUT2D eigenvalue weighted by Gasteiger charge is 2.12. The van der Waals surface area contributed by atoms with E-state index in [2.05, 4.69) is 10.4 Å². The van der Waals surface area contributed by atoms with E-state index < -0.39 is 0 Å². The lowest BCUT2D eigenvalue weighted by Gasteiger charge is -2.17. The molecule has 8 nitrogen and oxygen atoms in total. The molecule has 2 amide bonds. The van der Waals surface area contributed by atoms with E-state index in [0.717, 1.165) is 17.7 Å². The highest BCUT2D eigenvalue weighted by molar-refractivity contribution is 5.90. The van der Waals surface area contributed by atoms with Gasteiger partial charge in [0, 0.05) is 19.8 Å². The Balaban J connectivity index is 1.38. The monoisotopic (exact) mass is 454 g/mol. The summed E-state index contributed by atoms with van der Waals surface area (Å²) in [7, 11) is 3.37. The van der Waals surface area contributed by atoms with Gasteiger partial charge >= 0.3 is 0 Å². The van der Waals surface area contributed by atoms with Crippen molar-refractivity contribution in [3.8, 4) is 11.5 Å². The van der Waals surface area contributed by atoms with Gasteiger partial charge in [0.05, 0.1) is 32.0 Å². The molecule has 2 aromatic carbocycles. The van der Waals surface area contributed by atoms with Crippen LogP contribution in [0.2, 0.25) is 0 Å². The van der Waals surface area contributed by atoms with Crippen LogP contribution >= 0.6 is 0 Å². The van der Waals surface area contributed by atoms with Gasteiger partial charge in [0.25, 0.3) is 0 Å². The second-order valence-electron chi connectivity index (χ2n) is 7.44. The first-order chi connectivity index (χ1) is 15.9. The third-order valence-corrected chi connectivity index (χ3v) is 4.95. The molecule has 33 heavy (non-hydrogen) atoms. The quantitative estimate of drug-likeness (QED) is 0.481. The molecule has 0 saturated carbocycles. The number of hydrogen-bond acceptors (Lipinski definition) is 5. The van der Waals surface area contributed by atoms with Crippen molar-refractivity contribution >= 4 is 17.5 Å². The molecule has 0 unspecified atom stereocenters. The number of amides is 2. The lowest BCUT2D eigenvalue weighted by molar-refractivity contribution is -0.130. The van der Waals surface area contributed by atoms with E-state index in [1.165, 1.54) is 35.1 Å². The molecular weight excluding hydrogens is 427 g/mol. The first kappa shape index (κ1) is 23.8. The topological polar surface area (TPSA) is 85.7 Å². The maximum Gasteiger partial charge on any atom is 0.244 e. The maximum atomic E-state index is 12.9. The molecule has 9 heteroatoms. The Morgan fingerprint density at radius 1 is 1.09 bits per heavy atom. The average molecular weight is 455 g/mol. The SMILES string of the molecule is COc1ccc(CCN(C)C(=O)Cn2cc(NC(=O)CCOc3ccc(F)cc3)cn2)cc1. The van der Waals surface area contributed by atoms with E-state index in [1.54, 1.807) is 25.3 Å². The Labute approximate surface area is 191 Å². The Morgan fingerprint density at radius 3 is 2.48 bits per heavy atom. The smallest absolute Gasteiger partial charge is 0.244 e. The van der Waals surface area contributed by atoms with Gasteiger partial charge in [0.15, 0.2) is 0 Å². The Morgan fingerprint density at radius 2 is 1.79 bits per heavy atom. The van der Waals surface area contributed by atoms with Gasteiger partial charge in [-0.3, -0.25) is 14.3 Å². The van der Waals surface area contributed by atoms with E-state index >= 15 is 0 Å². The van der Waals surface area contributed by atoms with Crippen LogP contribution in [0.15, 0.2) is 60.9 Å². The van der Waals surface area contributed by atoms with Crippen molar-refractivity contribution in [1.82, 2.24) is 14.7 Å². The minimum Gasteiger partial charge on any atom is -0.497 e. The van der Waals surface area contributed by atoms with Crippen molar-refractivity contribution in [3.63, 3.8) is 0 Å². The van der Waals surface area contributed by atoms with Crippen LogP contribution in [0.1, 0.15) is 12.0 Å². The third kappa shape index (κ3) is 7.64. The normalized spacial score (nSPS) is 10.5. The summed E-state index contributed by atoms with van der Waals surface area (Å²) in [6, 6.07) is 13.3. The van der Waals surface area contributed by atoms with Crippen LogP contribution in [0.5, 0.6) is 11.5 Å². The van der Waals surface area contributed by atoms with Gasteiger partial charge in [-0.1, -0.05) is 12.1 Å². The number of benzene rings is 2. The average Bonchev–Trinajstić information content (AvgIpc) is 3.25. The number of carbonyl (C=O) groups is 2. The minimum absolute atomic E-state index is 0.0721. The largest absolute Gasteiger partial charge is 0.497 e. The van der Waals surface area contributed by atoms with E-state index in [4.69, 9.17) is 9.47 Å². The van der Waals surface area contributed by atoms with Crippen LogP contribution in [0.4, 0.5) is 10.1 Å². The van der Waals surface area contributed by atoms with Crippen LogP contribution in [0, 0.1) is 5.82 Å². The summed E-state index contributed by atoms with van der Waals surface area (Å²) in [4.78, 5) is 26.2. The van der Waals surface area contributed by atoms with Gasteiger partial charge in [0.2, 0.25) is 11.8 Å². The number of aromatic nitrogens is 2. The molecule has 0 fully saturated rings. The number of carbonyl (C=O) groups excluding carboxylic acids is 2. The molecule has 1 aromatic heterocycles. The summed E-state index contributed by atoms with van der Waals surface area (Å²) in [6.45, 7) is 0.801. The molecule has 0 atom stereocenters. The molecule has 0 bridgehead atoms. The van der Waals surface area contributed by atoms with Crippen LogP contribution in [-0.2, 0) is 22.6 Å². The van der Waals surface area contributed by atoms with Gasteiger partial charge in [0.1, 0.15) is 23.9 Å². The second-order valence-corrected chi connectivity index (χ2v) is 7.44. The molecule has 0 aliphatic rings. The Hall–Kier alpha value is -3.88. The molecule has 3 aromatic rings. The Bertz CT molecular complexity index is 1050. The number of likely N-dealkylation sites (N-methyl/N-ethyl adjacent to an activating group) is 1. The van der Waals surface area contributed by atoms with Crippen molar-refractivity contribution in [1.29, 1.82) is 0 Å². The molecular formula is C24H27FN4O4. The predicted molar refractivity (Wildman–Crippen MR) is 122 cm³/mol. The van der Waals surface area contributed by atoms with E-state index in [9.17, 15) is 14.0 Å². The number of halogens is 1. The lowest BCUT2D eigenvalue weighted by Crippen LogP contribution is -2.32. The minimum atomic E-state index is -0.348. The molecule has 0 radical (unpaired) electrons. The summed E-state index contributed by atoms with van der Waals surface area (Å²) in [5.74, 6) is 0.604. The Kier molecular flexibility index (Phi) is 8.40. The first-order valence-corrected chi connectivity index (χ1v) is 10.5. The first-order valence-electron chi connectivity index (χ1n) is 10.5. The van der Waals surface area contributed by atoms with Crippen LogP contribution in [0.3, 0.4) is 0 Å². The van der Waals surface area contributed by atoms with Crippen molar-refractivity contribution in [2.45, 2.75) is 19.4 Å². The summed E-state index contributed by atoms with van der Waals surface area (Å²) in [6.07, 6.45) is 3.94. The molecule has 3 rings (SSSR count).